The van der Waals surface area contributed by atoms with Crippen LogP contribution in [0.1, 0.15) is 50.6 Å². The molecule has 19 heavy (non-hydrogen) atoms. The third-order valence-corrected chi connectivity index (χ3v) is 4.17. The molecule has 104 valence electrons. The van der Waals surface area contributed by atoms with Crippen LogP contribution < -0.4 is 11.1 Å². The van der Waals surface area contributed by atoms with Gasteiger partial charge < -0.3 is 11.1 Å². The van der Waals surface area contributed by atoms with Crippen LogP contribution in [0.15, 0.2) is 24.3 Å². The lowest BCUT2D eigenvalue weighted by molar-refractivity contribution is -0.128. The van der Waals surface area contributed by atoms with Crippen molar-refractivity contribution < 1.29 is 4.79 Å². The van der Waals surface area contributed by atoms with Gasteiger partial charge in [0, 0.05) is 5.02 Å². The van der Waals surface area contributed by atoms with Gasteiger partial charge in [0.2, 0.25) is 5.91 Å². The fourth-order valence-electron chi connectivity index (χ4n) is 2.58. The summed E-state index contributed by atoms with van der Waals surface area (Å²) in [5.41, 5.74) is 6.58. The Hall–Kier alpha value is -1.06. The summed E-state index contributed by atoms with van der Waals surface area (Å²) < 4.78 is 0. The zero-order valence-corrected chi connectivity index (χ0v) is 12.0. The Morgan fingerprint density at radius 2 is 1.84 bits per heavy atom. The maximum atomic E-state index is 12.3. The molecule has 1 aromatic carbocycles. The van der Waals surface area contributed by atoms with Gasteiger partial charge in [0.15, 0.2) is 0 Å². The predicted molar refractivity (Wildman–Crippen MR) is 78.0 cm³/mol. The fraction of sp³-hybridized carbons (Fsp3) is 0.533. The van der Waals surface area contributed by atoms with Crippen LogP contribution >= 0.6 is 11.6 Å². The van der Waals surface area contributed by atoms with Crippen LogP contribution in [0.4, 0.5) is 0 Å². The van der Waals surface area contributed by atoms with Gasteiger partial charge in [0.1, 0.15) is 0 Å². The van der Waals surface area contributed by atoms with Crippen LogP contribution in [0.5, 0.6) is 0 Å². The summed E-state index contributed by atoms with van der Waals surface area (Å²) >= 11 is 5.86. The number of amides is 1. The van der Waals surface area contributed by atoms with Crippen LogP contribution in [-0.4, -0.2) is 11.4 Å². The Labute approximate surface area is 119 Å². The number of nitrogens with two attached hydrogens (primary N) is 1. The molecular weight excluding hydrogens is 260 g/mol. The molecule has 1 aliphatic rings. The summed E-state index contributed by atoms with van der Waals surface area (Å²) in [4.78, 5) is 12.3. The summed E-state index contributed by atoms with van der Waals surface area (Å²) in [5.74, 6) is -0.0327. The van der Waals surface area contributed by atoms with Crippen molar-refractivity contribution in [3.63, 3.8) is 0 Å². The van der Waals surface area contributed by atoms with Crippen molar-refractivity contribution in [2.75, 3.05) is 0 Å². The minimum Gasteiger partial charge on any atom is -0.348 e. The van der Waals surface area contributed by atoms with Crippen molar-refractivity contribution in [3.8, 4) is 0 Å². The molecule has 1 unspecified atom stereocenters. The van der Waals surface area contributed by atoms with Gasteiger partial charge in [0.05, 0.1) is 11.6 Å². The van der Waals surface area contributed by atoms with E-state index in [1.807, 2.05) is 31.2 Å². The maximum Gasteiger partial charge on any atom is 0.240 e. The molecule has 0 heterocycles. The third-order valence-electron chi connectivity index (χ3n) is 3.92. The molecule has 1 fully saturated rings. The van der Waals surface area contributed by atoms with Gasteiger partial charge in [-0.05, 0) is 37.5 Å². The number of hydrogen-bond donors (Lipinski definition) is 2. The second-order valence-corrected chi connectivity index (χ2v) is 5.90. The van der Waals surface area contributed by atoms with Crippen LogP contribution in [0, 0.1) is 0 Å². The molecule has 4 heteroatoms. The molecule has 0 spiro atoms. The normalized spacial score (nSPS) is 19.7. The Bertz CT molecular complexity index is 438. The van der Waals surface area contributed by atoms with Gasteiger partial charge in [-0.1, -0.05) is 43.0 Å². The Kier molecular flexibility index (Phi) is 4.48. The van der Waals surface area contributed by atoms with E-state index in [0.29, 0.717) is 5.02 Å². The average molecular weight is 281 g/mol. The molecule has 1 aliphatic carbocycles. The number of benzene rings is 1. The average Bonchev–Trinajstić information content (AvgIpc) is 2.40. The lowest BCUT2D eigenvalue weighted by Crippen LogP contribution is -2.55. The van der Waals surface area contributed by atoms with Crippen LogP contribution in [0.3, 0.4) is 0 Å². The number of nitrogens with one attached hydrogen (secondary N) is 1. The zero-order chi connectivity index (χ0) is 13.9. The molecule has 0 radical (unpaired) electrons. The Balaban J connectivity index is 2.00. The van der Waals surface area contributed by atoms with Crippen LogP contribution in [0.2, 0.25) is 5.02 Å². The first-order chi connectivity index (χ1) is 9.01. The molecule has 2 rings (SSSR count). The lowest BCUT2D eigenvalue weighted by Gasteiger charge is -2.33. The monoisotopic (exact) mass is 280 g/mol. The highest BCUT2D eigenvalue weighted by Crippen LogP contribution is 2.27. The van der Waals surface area contributed by atoms with E-state index < -0.39 is 5.54 Å². The van der Waals surface area contributed by atoms with Crippen molar-refractivity contribution in [1.82, 2.24) is 5.32 Å². The van der Waals surface area contributed by atoms with Crippen LogP contribution in [-0.2, 0) is 4.79 Å². The van der Waals surface area contributed by atoms with E-state index in [2.05, 4.69) is 5.32 Å². The zero-order valence-electron chi connectivity index (χ0n) is 11.3. The molecule has 1 atom stereocenters. The quantitative estimate of drug-likeness (QED) is 0.893. The van der Waals surface area contributed by atoms with E-state index in [4.69, 9.17) is 17.3 Å². The smallest absolute Gasteiger partial charge is 0.240 e. The van der Waals surface area contributed by atoms with Gasteiger partial charge in [-0.15, -0.1) is 0 Å². The highest BCUT2D eigenvalue weighted by Gasteiger charge is 2.35. The maximum absolute atomic E-state index is 12.3. The minimum absolute atomic E-state index is 0.0327. The van der Waals surface area contributed by atoms with Gasteiger partial charge in [-0.3, -0.25) is 4.79 Å². The summed E-state index contributed by atoms with van der Waals surface area (Å²) in [6.45, 7) is 1.97. The molecule has 1 amide bonds. The number of halogens is 1. The van der Waals surface area contributed by atoms with Gasteiger partial charge in [0.25, 0.3) is 0 Å². The minimum atomic E-state index is -0.682. The fourth-order valence-corrected chi connectivity index (χ4v) is 2.71. The molecule has 0 saturated heterocycles. The molecule has 3 N–H and O–H groups in total. The topological polar surface area (TPSA) is 55.1 Å². The van der Waals surface area contributed by atoms with E-state index in [0.717, 1.165) is 31.2 Å². The van der Waals surface area contributed by atoms with E-state index in [-0.39, 0.29) is 11.9 Å². The largest absolute Gasteiger partial charge is 0.348 e. The SMILES string of the molecule is CC(NC(=O)C1(N)CCCCC1)c1ccc(Cl)cc1. The van der Waals surface area contributed by atoms with Crippen molar-refractivity contribution in [1.29, 1.82) is 0 Å². The lowest BCUT2D eigenvalue weighted by atomic mass is 9.81. The molecule has 0 aliphatic heterocycles. The Morgan fingerprint density at radius 3 is 2.42 bits per heavy atom. The number of carbonyl (C=O) groups is 1. The van der Waals surface area contributed by atoms with E-state index in [1.54, 1.807) is 0 Å². The molecule has 0 bridgehead atoms. The van der Waals surface area contributed by atoms with E-state index in [9.17, 15) is 4.79 Å². The second kappa shape index (κ2) is 5.93. The second-order valence-electron chi connectivity index (χ2n) is 5.46. The first kappa shape index (κ1) is 14.4. The first-order valence-corrected chi connectivity index (χ1v) is 7.24. The number of hydrogen-bond acceptors (Lipinski definition) is 2. The van der Waals surface area contributed by atoms with Crippen molar-refractivity contribution in [2.45, 2.75) is 50.6 Å². The Morgan fingerprint density at radius 1 is 1.26 bits per heavy atom. The standard InChI is InChI=1S/C15H21ClN2O/c1-11(12-5-7-13(16)8-6-12)18-14(19)15(17)9-3-2-4-10-15/h5-8,11H,2-4,9-10,17H2,1H3,(H,18,19). The predicted octanol–water partition coefficient (Wildman–Crippen LogP) is 3.18. The molecule has 1 saturated carbocycles. The third kappa shape index (κ3) is 3.48. The van der Waals surface area contributed by atoms with Crippen molar-refractivity contribution in [3.05, 3.63) is 34.9 Å². The molecule has 1 aromatic rings. The summed E-state index contributed by atoms with van der Waals surface area (Å²) in [7, 11) is 0. The van der Waals surface area contributed by atoms with Gasteiger partial charge in [-0.25, -0.2) is 0 Å². The van der Waals surface area contributed by atoms with Gasteiger partial charge >= 0.3 is 0 Å². The van der Waals surface area contributed by atoms with Crippen molar-refractivity contribution in [2.24, 2.45) is 5.73 Å². The molecular formula is C15H21ClN2O. The van der Waals surface area contributed by atoms with Crippen LogP contribution in [0.25, 0.3) is 0 Å². The first-order valence-electron chi connectivity index (χ1n) is 6.86. The highest BCUT2D eigenvalue weighted by atomic mass is 35.5. The summed E-state index contributed by atoms with van der Waals surface area (Å²) in [5, 5.41) is 3.72. The molecule has 3 nitrogen and oxygen atoms in total. The van der Waals surface area contributed by atoms with Crippen molar-refractivity contribution >= 4 is 17.5 Å². The number of carbonyl (C=O) groups excluding carboxylic acids is 1. The summed E-state index contributed by atoms with van der Waals surface area (Å²) in [6, 6.07) is 7.47. The van der Waals surface area contributed by atoms with E-state index in [1.165, 1.54) is 6.42 Å². The number of rotatable bonds is 3. The van der Waals surface area contributed by atoms with E-state index >= 15 is 0 Å². The molecule has 0 aromatic heterocycles. The highest BCUT2D eigenvalue weighted by molar-refractivity contribution is 6.30. The summed E-state index contributed by atoms with van der Waals surface area (Å²) in [6.07, 6.45) is 4.83. The van der Waals surface area contributed by atoms with Gasteiger partial charge in [-0.2, -0.15) is 0 Å².